The van der Waals surface area contributed by atoms with E-state index in [4.69, 9.17) is 0 Å². The summed E-state index contributed by atoms with van der Waals surface area (Å²) in [4.78, 5) is 0. The zero-order valence-electron chi connectivity index (χ0n) is 12.2. The molecule has 0 heterocycles. The molecule has 0 bridgehead atoms. The predicted octanol–water partition coefficient (Wildman–Crippen LogP) is 4.32. The minimum absolute atomic E-state index is 1.01. The van der Waals surface area contributed by atoms with Gasteiger partial charge in [-0.1, -0.05) is 61.7 Å². The summed E-state index contributed by atoms with van der Waals surface area (Å²) in [5.74, 6) is 9.63. The molecule has 0 fully saturated rings. The van der Waals surface area contributed by atoms with Crippen LogP contribution in [0.3, 0.4) is 0 Å². The molecule has 0 nitrogen and oxygen atoms in total. The van der Waals surface area contributed by atoms with Gasteiger partial charge >= 0.3 is 0 Å². The maximum absolute atomic E-state index is 3.38. The van der Waals surface area contributed by atoms with E-state index in [2.05, 4.69) is 49.0 Å². The van der Waals surface area contributed by atoms with E-state index in [-0.39, 0.29) is 0 Å². The number of rotatable bonds is 0. The van der Waals surface area contributed by atoms with Crippen molar-refractivity contribution < 1.29 is 0 Å². The fraction of sp³-hybridized carbons (Fsp3) is 0.158. The minimum atomic E-state index is -1.33. The van der Waals surface area contributed by atoms with E-state index in [1.54, 1.807) is 0 Å². The molecule has 0 aliphatic heterocycles. The van der Waals surface area contributed by atoms with Crippen molar-refractivity contribution in [1.82, 2.24) is 0 Å². The summed E-state index contributed by atoms with van der Waals surface area (Å²) < 4.78 is 0. The fourth-order valence-corrected chi connectivity index (χ4v) is 2.12. The Morgan fingerprint density at radius 2 is 1.20 bits per heavy atom. The molecule has 0 aliphatic carbocycles. The standard InChI is InChI=1S/C19H18Si/c1-20(2,3)15-14-19-11-7-10-18(16-19)13-12-17-8-5-4-6-9-17/h4-11,16H,1-3H3. The first-order chi connectivity index (χ1) is 9.53. The Morgan fingerprint density at radius 3 is 1.85 bits per heavy atom. The molecular weight excluding hydrogens is 256 g/mol. The molecule has 0 aliphatic rings. The smallest absolute Gasteiger partial charge is 0.127 e. The molecular formula is C19H18Si. The molecule has 0 unspecified atom stereocenters. The van der Waals surface area contributed by atoms with Crippen LogP contribution in [0.4, 0.5) is 0 Å². The zero-order chi connectivity index (χ0) is 14.4. The molecule has 0 spiro atoms. The first kappa shape index (κ1) is 14.2. The van der Waals surface area contributed by atoms with Crippen LogP contribution in [0.2, 0.25) is 19.6 Å². The molecule has 0 amide bonds. The lowest BCUT2D eigenvalue weighted by molar-refractivity contribution is 1.59. The first-order valence-electron chi connectivity index (χ1n) is 6.73. The zero-order valence-corrected chi connectivity index (χ0v) is 13.2. The van der Waals surface area contributed by atoms with Gasteiger partial charge in [0.1, 0.15) is 8.07 Å². The Bertz CT molecular complexity index is 698. The Balaban J connectivity index is 2.23. The van der Waals surface area contributed by atoms with Crippen LogP contribution in [0.5, 0.6) is 0 Å². The van der Waals surface area contributed by atoms with Gasteiger partial charge in [-0.25, -0.2) is 0 Å². The second kappa shape index (κ2) is 6.28. The first-order valence-corrected chi connectivity index (χ1v) is 10.2. The highest BCUT2D eigenvalue weighted by molar-refractivity contribution is 6.83. The second-order valence-corrected chi connectivity index (χ2v) is 10.4. The Labute approximate surface area is 122 Å². The van der Waals surface area contributed by atoms with Crippen molar-refractivity contribution in [3.63, 3.8) is 0 Å². The van der Waals surface area contributed by atoms with E-state index in [1.165, 1.54) is 0 Å². The van der Waals surface area contributed by atoms with Gasteiger partial charge in [-0.2, -0.15) is 0 Å². The molecule has 2 aromatic carbocycles. The molecule has 0 atom stereocenters. The summed E-state index contributed by atoms with van der Waals surface area (Å²) in [6, 6.07) is 18.2. The van der Waals surface area contributed by atoms with Crippen LogP contribution >= 0.6 is 0 Å². The molecule has 0 saturated carbocycles. The van der Waals surface area contributed by atoms with Crippen LogP contribution in [0, 0.1) is 23.3 Å². The molecule has 0 saturated heterocycles. The summed E-state index contributed by atoms with van der Waals surface area (Å²) in [5.41, 5.74) is 6.47. The van der Waals surface area contributed by atoms with Crippen molar-refractivity contribution in [3.05, 3.63) is 71.3 Å². The minimum Gasteiger partial charge on any atom is -0.127 e. The van der Waals surface area contributed by atoms with Crippen LogP contribution in [0.15, 0.2) is 54.6 Å². The fourth-order valence-electron chi connectivity index (χ4n) is 1.60. The summed E-state index contributed by atoms with van der Waals surface area (Å²) >= 11 is 0. The van der Waals surface area contributed by atoms with Gasteiger partial charge in [0.15, 0.2) is 0 Å². The third-order valence-corrected chi connectivity index (χ3v) is 3.44. The molecule has 0 aromatic heterocycles. The van der Waals surface area contributed by atoms with Crippen LogP contribution in [0.1, 0.15) is 16.7 Å². The van der Waals surface area contributed by atoms with Gasteiger partial charge in [0.2, 0.25) is 0 Å². The number of hydrogen-bond donors (Lipinski definition) is 0. The average molecular weight is 274 g/mol. The third kappa shape index (κ3) is 4.80. The van der Waals surface area contributed by atoms with Gasteiger partial charge < -0.3 is 0 Å². The molecule has 1 heteroatoms. The average Bonchev–Trinajstić information content (AvgIpc) is 2.44. The highest BCUT2D eigenvalue weighted by Gasteiger charge is 2.07. The maximum atomic E-state index is 3.38. The van der Waals surface area contributed by atoms with Gasteiger partial charge in [-0.15, -0.1) is 5.54 Å². The highest BCUT2D eigenvalue weighted by atomic mass is 28.3. The Morgan fingerprint density at radius 1 is 0.650 bits per heavy atom. The lowest BCUT2D eigenvalue weighted by Gasteiger charge is -2.03. The Kier molecular flexibility index (Phi) is 4.46. The highest BCUT2D eigenvalue weighted by Crippen LogP contribution is 2.05. The maximum Gasteiger partial charge on any atom is 0.129 e. The van der Waals surface area contributed by atoms with Crippen molar-refractivity contribution in [1.29, 1.82) is 0 Å². The van der Waals surface area contributed by atoms with E-state index in [0.29, 0.717) is 0 Å². The Hall–Kier alpha value is -2.22. The van der Waals surface area contributed by atoms with Gasteiger partial charge in [0.05, 0.1) is 0 Å². The molecule has 2 rings (SSSR count). The van der Waals surface area contributed by atoms with E-state index >= 15 is 0 Å². The summed E-state index contributed by atoms with van der Waals surface area (Å²) in [6.45, 7) is 6.75. The largest absolute Gasteiger partial charge is 0.129 e. The molecule has 20 heavy (non-hydrogen) atoms. The third-order valence-electron chi connectivity index (χ3n) is 2.57. The molecule has 2 aromatic rings. The van der Waals surface area contributed by atoms with Gasteiger partial charge in [0, 0.05) is 16.7 Å². The number of hydrogen-bond acceptors (Lipinski definition) is 0. The van der Waals surface area contributed by atoms with Crippen molar-refractivity contribution in [3.8, 4) is 23.3 Å². The summed E-state index contributed by atoms with van der Waals surface area (Å²) in [6.07, 6.45) is 0. The van der Waals surface area contributed by atoms with E-state index in [9.17, 15) is 0 Å². The lowest BCUT2D eigenvalue weighted by Crippen LogP contribution is -2.16. The molecule has 98 valence electrons. The topological polar surface area (TPSA) is 0 Å². The summed E-state index contributed by atoms with van der Waals surface area (Å²) in [7, 11) is -1.33. The van der Waals surface area contributed by atoms with Crippen LogP contribution in [0.25, 0.3) is 0 Å². The van der Waals surface area contributed by atoms with Crippen molar-refractivity contribution in [2.75, 3.05) is 0 Å². The van der Waals surface area contributed by atoms with Crippen LogP contribution < -0.4 is 0 Å². The monoisotopic (exact) mass is 274 g/mol. The van der Waals surface area contributed by atoms with Crippen molar-refractivity contribution in [2.45, 2.75) is 19.6 Å². The lowest BCUT2D eigenvalue weighted by atomic mass is 10.1. The van der Waals surface area contributed by atoms with Gasteiger partial charge in [-0.3, -0.25) is 0 Å². The van der Waals surface area contributed by atoms with Crippen LogP contribution in [-0.4, -0.2) is 8.07 Å². The normalized spacial score (nSPS) is 9.95. The number of benzene rings is 2. The van der Waals surface area contributed by atoms with Gasteiger partial charge in [-0.05, 0) is 30.3 Å². The quantitative estimate of drug-likeness (QED) is 0.496. The van der Waals surface area contributed by atoms with Crippen molar-refractivity contribution >= 4 is 8.07 Å². The van der Waals surface area contributed by atoms with Gasteiger partial charge in [0.25, 0.3) is 0 Å². The predicted molar refractivity (Wildman–Crippen MR) is 89.1 cm³/mol. The molecule has 0 N–H and O–H groups in total. The van der Waals surface area contributed by atoms with E-state index in [0.717, 1.165) is 16.7 Å². The van der Waals surface area contributed by atoms with Crippen molar-refractivity contribution in [2.24, 2.45) is 0 Å². The van der Waals surface area contributed by atoms with Crippen LogP contribution in [-0.2, 0) is 0 Å². The van der Waals surface area contributed by atoms with E-state index < -0.39 is 8.07 Å². The SMILES string of the molecule is C[Si](C)(C)C#Cc1cccc(C#Cc2ccccc2)c1. The second-order valence-electron chi connectivity index (χ2n) is 5.70. The summed E-state index contributed by atoms with van der Waals surface area (Å²) in [5, 5.41) is 0. The van der Waals surface area contributed by atoms with E-state index in [1.807, 2.05) is 48.5 Å². The molecule has 0 radical (unpaired) electrons.